The zero-order valence-electron chi connectivity index (χ0n) is 9.32. The molecule has 0 unspecified atom stereocenters. The summed E-state index contributed by atoms with van der Waals surface area (Å²) in [5.41, 5.74) is 2.68. The number of aryl methyl sites for hydroxylation is 2. The maximum Gasteiger partial charge on any atom is 0.0560 e. The van der Waals surface area contributed by atoms with Gasteiger partial charge < -0.3 is 4.74 Å². The number of hydrogen-bond acceptors (Lipinski definition) is 3. The zero-order valence-corrected chi connectivity index (χ0v) is 11.0. The maximum atomic E-state index is 5.37. The fourth-order valence-corrected chi connectivity index (χ4v) is 2.34. The second-order valence-electron chi connectivity index (χ2n) is 3.45. The topological polar surface area (TPSA) is 9.23 Å². The summed E-state index contributed by atoms with van der Waals surface area (Å²) in [5, 5.41) is 0. The van der Waals surface area contributed by atoms with Crippen LogP contribution in [0.25, 0.3) is 0 Å². The van der Waals surface area contributed by atoms with E-state index in [1.165, 1.54) is 16.0 Å². The van der Waals surface area contributed by atoms with Gasteiger partial charge in [-0.25, -0.2) is 0 Å². The molecule has 0 fully saturated rings. The van der Waals surface area contributed by atoms with Crippen molar-refractivity contribution in [2.75, 3.05) is 24.7 Å². The third kappa shape index (κ3) is 4.96. The summed E-state index contributed by atoms with van der Waals surface area (Å²) in [6.07, 6.45) is 0. The summed E-state index contributed by atoms with van der Waals surface area (Å²) >= 11 is 5.94. The molecule has 0 atom stereocenters. The monoisotopic (exact) mass is 242 g/mol. The second kappa shape index (κ2) is 7.20. The second-order valence-corrected chi connectivity index (χ2v) is 5.04. The van der Waals surface area contributed by atoms with Crippen LogP contribution in [0.1, 0.15) is 11.1 Å². The molecule has 0 saturated heterocycles. The van der Waals surface area contributed by atoms with Gasteiger partial charge in [-0.1, -0.05) is 17.7 Å². The summed E-state index contributed by atoms with van der Waals surface area (Å²) in [7, 11) is 0. The first-order valence-corrected chi connectivity index (χ1v) is 6.74. The van der Waals surface area contributed by atoms with Gasteiger partial charge in [-0.3, -0.25) is 0 Å². The minimum Gasteiger partial charge on any atom is -0.380 e. The number of benzene rings is 1. The molecule has 0 saturated carbocycles. The van der Waals surface area contributed by atoms with Gasteiger partial charge in [-0.15, -0.1) is 11.8 Å². The third-order valence-corrected chi connectivity index (χ3v) is 3.37. The highest BCUT2D eigenvalue weighted by Gasteiger charge is 1.98. The Kier molecular flexibility index (Phi) is 6.22. The molecule has 0 aliphatic heterocycles. The van der Waals surface area contributed by atoms with Gasteiger partial charge in [0.2, 0.25) is 0 Å². The Hall–Kier alpha value is -0.120. The Morgan fingerprint density at radius 2 is 2.07 bits per heavy atom. The molecule has 1 nitrogen and oxygen atoms in total. The van der Waals surface area contributed by atoms with Crippen molar-refractivity contribution < 1.29 is 4.74 Å². The molecule has 0 amide bonds. The van der Waals surface area contributed by atoms with Crippen LogP contribution in [-0.4, -0.2) is 24.7 Å². The molecule has 15 heavy (non-hydrogen) atoms. The maximum absolute atomic E-state index is 5.37. The van der Waals surface area contributed by atoms with Gasteiger partial charge in [-0.05, 0) is 25.5 Å². The molecule has 0 aliphatic carbocycles. The van der Waals surface area contributed by atoms with Crippen LogP contribution in [0.2, 0.25) is 0 Å². The molecule has 1 aromatic rings. The summed E-state index contributed by atoms with van der Waals surface area (Å²) in [6, 6.07) is 6.56. The lowest BCUT2D eigenvalue weighted by Crippen LogP contribution is -2.00. The largest absolute Gasteiger partial charge is 0.380 e. The number of rotatable bonds is 6. The van der Waals surface area contributed by atoms with Crippen LogP contribution in [0.15, 0.2) is 23.1 Å². The van der Waals surface area contributed by atoms with Crippen molar-refractivity contribution in [1.29, 1.82) is 0 Å². The highest BCUT2D eigenvalue weighted by molar-refractivity contribution is 7.99. The number of hydrogen-bond donors (Lipinski definition) is 1. The van der Waals surface area contributed by atoms with Crippen molar-refractivity contribution in [3.8, 4) is 0 Å². The quantitative estimate of drug-likeness (QED) is 0.465. The lowest BCUT2D eigenvalue weighted by Gasteiger charge is -2.06. The molecule has 0 aromatic heterocycles. The summed E-state index contributed by atoms with van der Waals surface area (Å²) in [5.74, 6) is 1.81. The van der Waals surface area contributed by atoms with E-state index in [-0.39, 0.29) is 0 Å². The van der Waals surface area contributed by atoms with E-state index < -0.39 is 0 Å². The molecule has 0 aliphatic rings. The Morgan fingerprint density at radius 1 is 1.27 bits per heavy atom. The number of ether oxygens (including phenoxy) is 1. The van der Waals surface area contributed by atoms with Crippen LogP contribution in [0, 0.1) is 13.8 Å². The van der Waals surface area contributed by atoms with Crippen molar-refractivity contribution in [3.05, 3.63) is 29.3 Å². The third-order valence-electron chi connectivity index (χ3n) is 2.05. The van der Waals surface area contributed by atoms with Crippen LogP contribution in [0.3, 0.4) is 0 Å². The molecule has 0 heterocycles. The van der Waals surface area contributed by atoms with Gasteiger partial charge in [0.15, 0.2) is 0 Å². The minimum atomic E-state index is 0.747. The predicted octanol–water partition coefficient (Wildman–Crippen LogP) is 3.34. The van der Waals surface area contributed by atoms with Crippen LogP contribution in [0.5, 0.6) is 0 Å². The fourth-order valence-electron chi connectivity index (χ4n) is 1.34. The van der Waals surface area contributed by atoms with Gasteiger partial charge >= 0.3 is 0 Å². The molecule has 0 N–H and O–H groups in total. The zero-order chi connectivity index (χ0) is 11.1. The van der Waals surface area contributed by atoms with Gasteiger partial charge in [-0.2, -0.15) is 12.6 Å². The van der Waals surface area contributed by atoms with Crippen LogP contribution < -0.4 is 0 Å². The molecular weight excluding hydrogens is 224 g/mol. The van der Waals surface area contributed by atoms with Gasteiger partial charge in [0.25, 0.3) is 0 Å². The molecular formula is C12H18OS2. The number of thioether (sulfide) groups is 1. The Morgan fingerprint density at radius 3 is 2.73 bits per heavy atom. The lowest BCUT2D eigenvalue weighted by molar-refractivity contribution is 0.167. The van der Waals surface area contributed by atoms with E-state index in [0.717, 1.165) is 24.7 Å². The van der Waals surface area contributed by atoms with E-state index in [0.29, 0.717) is 0 Å². The Bertz CT molecular complexity index is 300. The number of thiol groups is 1. The average molecular weight is 242 g/mol. The SMILES string of the molecule is Cc1ccc(SCCOCCS)c(C)c1. The van der Waals surface area contributed by atoms with Crippen LogP contribution in [0.4, 0.5) is 0 Å². The lowest BCUT2D eigenvalue weighted by atomic mass is 10.2. The van der Waals surface area contributed by atoms with E-state index in [9.17, 15) is 0 Å². The van der Waals surface area contributed by atoms with E-state index in [1.54, 1.807) is 0 Å². The summed E-state index contributed by atoms with van der Waals surface area (Å²) < 4.78 is 5.37. The van der Waals surface area contributed by atoms with Crippen LogP contribution in [-0.2, 0) is 4.74 Å². The van der Waals surface area contributed by atoms with Gasteiger partial charge in [0.05, 0.1) is 13.2 Å². The van der Waals surface area contributed by atoms with Crippen molar-refractivity contribution in [1.82, 2.24) is 0 Å². The smallest absolute Gasteiger partial charge is 0.0560 e. The van der Waals surface area contributed by atoms with E-state index in [1.807, 2.05) is 11.8 Å². The van der Waals surface area contributed by atoms with E-state index >= 15 is 0 Å². The van der Waals surface area contributed by atoms with Crippen molar-refractivity contribution in [2.24, 2.45) is 0 Å². The average Bonchev–Trinajstić information content (AvgIpc) is 2.20. The van der Waals surface area contributed by atoms with Crippen molar-refractivity contribution in [2.45, 2.75) is 18.7 Å². The highest BCUT2D eigenvalue weighted by atomic mass is 32.2. The standard InChI is InChI=1S/C12H18OS2/c1-10-3-4-12(11(2)9-10)15-8-6-13-5-7-14/h3-4,9,14H,5-8H2,1-2H3. The molecule has 84 valence electrons. The van der Waals surface area contributed by atoms with Crippen molar-refractivity contribution in [3.63, 3.8) is 0 Å². The first-order chi connectivity index (χ1) is 7.24. The molecule has 1 rings (SSSR count). The van der Waals surface area contributed by atoms with E-state index in [2.05, 4.69) is 44.7 Å². The molecule has 1 aromatic carbocycles. The summed E-state index contributed by atoms with van der Waals surface area (Å²) in [4.78, 5) is 1.36. The fraction of sp³-hybridized carbons (Fsp3) is 0.500. The predicted molar refractivity (Wildman–Crippen MR) is 71.3 cm³/mol. The Labute approximate surface area is 102 Å². The minimum absolute atomic E-state index is 0.747. The van der Waals surface area contributed by atoms with Gasteiger partial charge in [0.1, 0.15) is 0 Å². The molecule has 0 bridgehead atoms. The normalized spacial score (nSPS) is 10.6. The van der Waals surface area contributed by atoms with Crippen molar-refractivity contribution >= 4 is 24.4 Å². The molecule has 0 radical (unpaired) electrons. The highest BCUT2D eigenvalue weighted by Crippen LogP contribution is 2.22. The molecule has 0 spiro atoms. The first-order valence-electron chi connectivity index (χ1n) is 5.12. The Balaban J connectivity index is 2.31. The summed E-state index contributed by atoms with van der Waals surface area (Å²) in [6.45, 7) is 5.83. The van der Waals surface area contributed by atoms with E-state index in [4.69, 9.17) is 4.74 Å². The van der Waals surface area contributed by atoms with Crippen LogP contribution >= 0.6 is 24.4 Å². The first kappa shape index (κ1) is 12.9. The van der Waals surface area contributed by atoms with Gasteiger partial charge in [0, 0.05) is 16.4 Å². The molecule has 3 heteroatoms.